The molecule has 1 aromatic carbocycles. The molecule has 0 saturated carbocycles. The molecule has 0 bridgehead atoms. The number of nitrogens with zero attached hydrogens (tertiary/aromatic N) is 1. The van der Waals surface area contributed by atoms with Gasteiger partial charge in [-0.15, -0.1) is 11.3 Å². The van der Waals surface area contributed by atoms with Crippen LogP contribution in [0.3, 0.4) is 0 Å². The van der Waals surface area contributed by atoms with Crippen molar-refractivity contribution in [2.75, 3.05) is 11.4 Å². The molecule has 2 N–H and O–H groups in total. The van der Waals surface area contributed by atoms with E-state index in [0.717, 1.165) is 19.5 Å². The van der Waals surface area contributed by atoms with Gasteiger partial charge in [0.05, 0.1) is 6.54 Å². The first-order valence-corrected chi connectivity index (χ1v) is 7.76. The second-order valence-corrected chi connectivity index (χ2v) is 5.70. The molecule has 19 heavy (non-hydrogen) atoms. The monoisotopic (exact) mass is 274 g/mol. The minimum absolute atomic E-state index is 0.119. The normalized spacial score (nSPS) is 12.4. The summed E-state index contributed by atoms with van der Waals surface area (Å²) >= 11 is 1.81. The number of thiophene rings is 1. The van der Waals surface area contributed by atoms with Crippen LogP contribution in [0.2, 0.25) is 0 Å². The molecule has 102 valence electrons. The summed E-state index contributed by atoms with van der Waals surface area (Å²) in [4.78, 5) is 3.79. The van der Waals surface area contributed by atoms with Crippen LogP contribution in [0.5, 0.6) is 0 Å². The van der Waals surface area contributed by atoms with Crippen molar-refractivity contribution in [1.29, 1.82) is 0 Å². The van der Waals surface area contributed by atoms with Crippen molar-refractivity contribution in [1.82, 2.24) is 0 Å². The maximum absolute atomic E-state index is 6.24. The zero-order valence-corrected chi connectivity index (χ0v) is 12.5. The molecule has 2 nitrogen and oxygen atoms in total. The summed E-state index contributed by atoms with van der Waals surface area (Å²) in [6.45, 7) is 6.28. The number of nitrogens with two attached hydrogens (primary N) is 1. The minimum atomic E-state index is 0.119. The average Bonchev–Trinajstić information content (AvgIpc) is 2.97. The predicted molar refractivity (Wildman–Crippen MR) is 84.7 cm³/mol. The molecule has 0 spiro atoms. The highest BCUT2D eigenvalue weighted by Gasteiger charge is 2.14. The lowest BCUT2D eigenvalue weighted by molar-refractivity contribution is 0.690. The van der Waals surface area contributed by atoms with Crippen LogP contribution in [0.4, 0.5) is 5.69 Å². The van der Waals surface area contributed by atoms with Crippen LogP contribution in [0.1, 0.15) is 36.8 Å². The number of rotatable bonds is 6. The van der Waals surface area contributed by atoms with Gasteiger partial charge >= 0.3 is 0 Å². The van der Waals surface area contributed by atoms with Crippen molar-refractivity contribution in [3.63, 3.8) is 0 Å². The number of hydrogen-bond donors (Lipinski definition) is 1. The van der Waals surface area contributed by atoms with Crippen molar-refractivity contribution < 1.29 is 0 Å². The third kappa shape index (κ3) is 3.37. The smallest absolute Gasteiger partial charge is 0.0522 e. The Morgan fingerprint density at radius 1 is 1.16 bits per heavy atom. The molecule has 1 heterocycles. The van der Waals surface area contributed by atoms with Crippen LogP contribution in [-0.4, -0.2) is 6.54 Å². The zero-order chi connectivity index (χ0) is 13.7. The first-order valence-electron chi connectivity index (χ1n) is 6.88. The van der Waals surface area contributed by atoms with E-state index >= 15 is 0 Å². The van der Waals surface area contributed by atoms with Gasteiger partial charge in [-0.3, -0.25) is 0 Å². The molecule has 0 aliphatic heterocycles. The molecule has 0 amide bonds. The Hall–Kier alpha value is -1.32. The standard InChI is InChI=1S/C16H22N2S/c1-3-15(17)14-9-5-6-10-16(14)18(4-2)12-13-8-7-11-19-13/h5-11,15H,3-4,12,17H2,1-2H3. The van der Waals surface area contributed by atoms with Crippen molar-refractivity contribution in [3.8, 4) is 0 Å². The second kappa shape index (κ2) is 6.73. The highest BCUT2D eigenvalue weighted by Crippen LogP contribution is 2.28. The first kappa shape index (κ1) is 14.1. The minimum Gasteiger partial charge on any atom is -0.366 e. The van der Waals surface area contributed by atoms with Crippen LogP contribution in [0.25, 0.3) is 0 Å². The van der Waals surface area contributed by atoms with Gasteiger partial charge < -0.3 is 10.6 Å². The van der Waals surface area contributed by atoms with Crippen LogP contribution >= 0.6 is 11.3 Å². The molecule has 0 aliphatic carbocycles. The molecule has 0 fully saturated rings. The maximum atomic E-state index is 6.24. The van der Waals surface area contributed by atoms with E-state index in [0.29, 0.717) is 0 Å². The largest absolute Gasteiger partial charge is 0.366 e. The Morgan fingerprint density at radius 3 is 2.58 bits per heavy atom. The highest BCUT2D eigenvalue weighted by atomic mass is 32.1. The first-order chi connectivity index (χ1) is 9.26. The average molecular weight is 274 g/mol. The molecule has 1 unspecified atom stereocenters. The van der Waals surface area contributed by atoms with E-state index < -0.39 is 0 Å². The highest BCUT2D eigenvalue weighted by molar-refractivity contribution is 7.09. The lowest BCUT2D eigenvalue weighted by atomic mass is 10.0. The Morgan fingerprint density at radius 2 is 1.95 bits per heavy atom. The summed E-state index contributed by atoms with van der Waals surface area (Å²) in [7, 11) is 0. The summed E-state index contributed by atoms with van der Waals surface area (Å²) in [5, 5.41) is 2.13. The fraction of sp³-hybridized carbons (Fsp3) is 0.375. The van der Waals surface area contributed by atoms with Gasteiger partial charge in [0, 0.05) is 23.2 Å². The number of anilines is 1. The number of benzene rings is 1. The van der Waals surface area contributed by atoms with Crippen molar-refractivity contribution in [2.45, 2.75) is 32.9 Å². The van der Waals surface area contributed by atoms with Crippen molar-refractivity contribution >= 4 is 17.0 Å². The quantitative estimate of drug-likeness (QED) is 0.856. The molecular weight excluding hydrogens is 252 g/mol. The molecule has 3 heteroatoms. The van der Waals surface area contributed by atoms with Crippen LogP contribution in [0, 0.1) is 0 Å². The topological polar surface area (TPSA) is 29.3 Å². The summed E-state index contributed by atoms with van der Waals surface area (Å²) in [5.74, 6) is 0. The Labute approximate surface area is 119 Å². The summed E-state index contributed by atoms with van der Waals surface area (Å²) in [6, 6.07) is 12.9. The molecule has 1 atom stereocenters. The molecule has 0 saturated heterocycles. The van der Waals surface area contributed by atoms with Gasteiger partial charge in [0.2, 0.25) is 0 Å². The van der Waals surface area contributed by atoms with Crippen molar-refractivity contribution in [2.24, 2.45) is 5.73 Å². The van der Waals surface area contributed by atoms with E-state index in [1.165, 1.54) is 16.1 Å². The lowest BCUT2D eigenvalue weighted by Crippen LogP contribution is -2.24. The second-order valence-electron chi connectivity index (χ2n) is 4.67. The Kier molecular flexibility index (Phi) is 5.00. The Balaban J connectivity index is 2.27. The molecule has 2 aromatic rings. The van der Waals surface area contributed by atoms with E-state index in [2.05, 4.69) is 60.5 Å². The number of hydrogen-bond acceptors (Lipinski definition) is 3. The van der Waals surface area contributed by atoms with E-state index in [1.807, 2.05) is 11.3 Å². The number of para-hydroxylation sites is 1. The van der Waals surface area contributed by atoms with Crippen molar-refractivity contribution in [3.05, 3.63) is 52.2 Å². The van der Waals surface area contributed by atoms with Crippen LogP contribution < -0.4 is 10.6 Å². The molecule has 0 aliphatic rings. The van der Waals surface area contributed by atoms with E-state index in [4.69, 9.17) is 5.73 Å². The van der Waals surface area contributed by atoms with E-state index in [-0.39, 0.29) is 6.04 Å². The Bertz CT molecular complexity index is 493. The van der Waals surface area contributed by atoms with E-state index in [1.54, 1.807) is 0 Å². The maximum Gasteiger partial charge on any atom is 0.0522 e. The van der Waals surface area contributed by atoms with E-state index in [9.17, 15) is 0 Å². The van der Waals surface area contributed by atoms with Gasteiger partial charge in [0.1, 0.15) is 0 Å². The van der Waals surface area contributed by atoms with Crippen LogP contribution in [-0.2, 0) is 6.54 Å². The fourth-order valence-electron chi connectivity index (χ4n) is 2.27. The molecule has 1 aromatic heterocycles. The lowest BCUT2D eigenvalue weighted by Gasteiger charge is -2.27. The molecular formula is C16H22N2S. The third-order valence-electron chi connectivity index (χ3n) is 3.43. The third-order valence-corrected chi connectivity index (χ3v) is 4.29. The van der Waals surface area contributed by atoms with Gasteiger partial charge in [-0.1, -0.05) is 31.2 Å². The van der Waals surface area contributed by atoms with Crippen LogP contribution in [0.15, 0.2) is 41.8 Å². The molecule has 2 rings (SSSR count). The van der Waals surface area contributed by atoms with Gasteiger partial charge in [0.25, 0.3) is 0 Å². The summed E-state index contributed by atoms with van der Waals surface area (Å²) in [6.07, 6.45) is 0.966. The predicted octanol–water partition coefficient (Wildman–Crippen LogP) is 4.18. The van der Waals surface area contributed by atoms with Gasteiger partial charge in [0.15, 0.2) is 0 Å². The fourth-order valence-corrected chi connectivity index (χ4v) is 2.99. The summed E-state index contributed by atoms with van der Waals surface area (Å²) < 4.78 is 0. The molecule has 0 radical (unpaired) electrons. The SMILES string of the molecule is CCC(N)c1ccccc1N(CC)Cc1cccs1. The van der Waals surface area contributed by atoms with Gasteiger partial charge in [-0.05, 0) is 36.4 Å². The summed E-state index contributed by atoms with van der Waals surface area (Å²) in [5.41, 5.74) is 8.76. The zero-order valence-electron chi connectivity index (χ0n) is 11.7. The van der Waals surface area contributed by atoms with Gasteiger partial charge in [-0.25, -0.2) is 0 Å². The van der Waals surface area contributed by atoms with Gasteiger partial charge in [-0.2, -0.15) is 0 Å².